The molecule has 15 heavy (non-hydrogen) atoms. The van der Waals surface area contributed by atoms with Crippen LogP contribution in [0.2, 0.25) is 12.6 Å². The smallest absolute Gasteiger partial charge is 0.168 e. The standard InChI is InChI=1S/C11H25NOSi2/c1-11(2)9-13-14-15(3,10-11)12-7-5-4-6-8-12/h4-10,14H2,1-3H3. The fourth-order valence-electron chi connectivity index (χ4n) is 3.32. The molecule has 2 nitrogen and oxygen atoms in total. The van der Waals surface area contributed by atoms with E-state index in [2.05, 4.69) is 25.0 Å². The van der Waals surface area contributed by atoms with E-state index in [1.807, 2.05) is 0 Å². The van der Waals surface area contributed by atoms with Crippen LogP contribution in [0.25, 0.3) is 0 Å². The predicted molar refractivity (Wildman–Crippen MR) is 70.1 cm³/mol. The Hall–Kier alpha value is 0.354. The minimum atomic E-state index is -1.12. The first kappa shape index (κ1) is 11.8. The van der Waals surface area contributed by atoms with Crippen molar-refractivity contribution in [1.29, 1.82) is 0 Å². The second-order valence-electron chi connectivity index (χ2n) is 6.38. The zero-order valence-electron chi connectivity index (χ0n) is 10.5. The van der Waals surface area contributed by atoms with Gasteiger partial charge in [-0.1, -0.05) is 26.8 Å². The van der Waals surface area contributed by atoms with E-state index in [0.29, 0.717) is 5.41 Å². The Labute approximate surface area is 97.2 Å². The Morgan fingerprint density at radius 2 is 1.87 bits per heavy atom. The maximum Gasteiger partial charge on any atom is 0.168 e. The second-order valence-corrected chi connectivity index (χ2v) is 16.5. The van der Waals surface area contributed by atoms with Crippen molar-refractivity contribution in [3.05, 3.63) is 0 Å². The van der Waals surface area contributed by atoms with Gasteiger partial charge in [-0.15, -0.1) is 0 Å². The lowest BCUT2D eigenvalue weighted by atomic mass is 9.98. The van der Waals surface area contributed by atoms with Crippen molar-refractivity contribution in [3.8, 4) is 0 Å². The molecule has 0 aromatic carbocycles. The Morgan fingerprint density at radius 1 is 1.20 bits per heavy atom. The molecule has 2 aliphatic rings. The molecule has 4 heteroatoms. The van der Waals surface area contributed by atoms with Gasteiger partial charge < -0.3 is 8.99 Å². The molecule has 2 aliphatic heterocycles. The predicted octanol–water partition coefficient (Wildman–Crippen LogP) is 1.68. The maximum absolute atomic E-state index is 6.01. The van der Waals surface area contributed by atoms with E-state index in [1.54, 1.807) is 0 Å². The van der Waals surface area contributed by atoms with Gasteiger partial charge in [-0.25, -0.2) is 0 Å². The van der Waals surface area contributed by atoms with Gasteiger partial charge in [0.25, 0.3) is 0 Å². The van der Waals surface area contributed by atoms with Crippen LogP contribution in [0.15, 0.2) is 0 Å². The lowest BCUT2D eigenvalue weighted by Crippen LogP contribution is -2.63. The molecule has 0 saturated carbocycles. The van der Waals surface area contributed by atoms with Crippen molar-refractivity contribution < 1.29 is 4.43 Å². The first-order valence-corrected chi connectivity index (χ1v) is 11.9. The first-order chi connectivity index (χ1) is 7.02. The van der Waals surface area contributed by atoms with Crippen LogP contribution in [0.3, 0.4) is 0 Å². The van der Waals surface area contributed by atoms with Crippen LogP contribution in [0, 0.1) is 5.41 Å². The van der Waals surface area contributed by atoms with Crippen LogP contribution < -0.4 is 0 Å². The third kappa shape index (κ3) is 2.72. The van der Waals surface area contributed by atoms with Crippen molar-refractivity contribution in [2.24, 2.45) is 5.41 Å². The second kappa shape index (κ2) is 4.32. The zero-order chi connectivity index (χ0) is 10.9. The van der Waals surface area contributed by atoms with Gasteiger partial charge in [0.2, 0.25) is 0 Å². The van der Waals surface area contributed by atoms with Crippen LogP contribution in [-0.2, 0) is 4.43 Å². The molecule has 0 bridgehead atoms. The van der Waals surface area contributed by atoms with E-state index in [4.69, 9.17) is 4.43 Å². The highest BCUT2D eigenvalue weighted by atomic mass is 29.2. The van der Waals surface area contributed by atoms with Crippen LogP contribution >= 0.6 is 0 Å². The first-order valence-electron chi connectivity index (χ1n) is 6.35. The van der Waals surface area contributed by atoms with Gasteiger partial charge in [0.15, 0.2) is 9.28 Å². The molecule has 1 unspecified atom stereocenters. The van der Waals surface area contributed by atoms with Crippen molar-refractivity contribution in [2.75, 3.05) is 19.7 Å². The average molecular weight is 243 g/mol. The molecule has 0 aromatic rings. The third-order valence-electron chi connectivity index (χ3n) is 3.88. The Balaban J connectivity index is 2.04. The Morgan fingerprint density at radius 3 is 2.47 bits per heavy atom. The van der Waals surface area contributed by atoms with Gasteiger partial charge in [-0.05, 0) is 37.4 Å². The summed E-state index contributed by atoms with van der Waals surface area (Å²) in [4.78, 5) is 0. The quantitative estimate of drug-likeness (QED) is 0.650. The number of piperidine rings is 1. The van der Waals surface area contributed by atoms with Gasteiger partial charge in [-0.2, -0.15) is 0 Å². The monoisotopic (exact) mass is 243 g/mol. The molecule has 88 valence electrons. The fraction of sp³-hybridized carbons (Fsp3) is 1.00. The molecule has 0 amide bonds. The number of hydrogen-bond donors (Lipinski definition) is 0. The molecule has 2 saturated heterocycles. The summed E-state index contributed by atoms with van der Waals surface area (Å²) in [5, 5.41) is 0. The highest BCUT2D eigenvalue weighted by molar-refractivity contribution is 7.20. The highest BCUT2D eigenvalue weighted by Gasteiger charge is 2.44. The van der Waals surface area contributed by atoms with E-state index >= 15 is 0 Å². The Kier molecular flexibility index (Phi) is 3.40. The largest absolute Gasteiger partial charge is 0.425 e. The molecule has 2 heterocycles. The molecular formula is C11H25NOSi2. The summed E-state index contributed by atoms with van der Waals surface area (Å²) in [5.41, 5.74) is 0.448. The topological polar surface area (TPSA) is 12.5 Å². The van der Waals surface area contributed by atoms with Crippen LogP contribution in [0.4, 0.5) is 0 Å². The van der Waals surface area contributed by atoms with E-state index < -0.39 is 7.75 Å². The molecule has 0 radical (unpaired) electrons. The molecule has 2 rings (SSSR count). The number of nitrogens with zero attached hydrogens (tertiary/aromatic N) is 1. The lowest BCUT2D eigenvalue weighted by Gasteiger charge is -2.48. The van der Waals surface area contributed by atoms with Crippen molar-refractivity contribution in [2.45, 2.75) is 45.7 Å². The highest BCUT2D eigenvalue weighted by Crippen LogP contribution is 2.35. The number of hydrogen-bond acceptors (Lipinski definition) is 2. The fourth-order valence-corrected chi connectivity index (χ4v) is 13.9. The summed E-state index contributed by atoms with van der Waals surface area (Å²) < 4.78 is 8.88. The van der Waals surface area contributed by atoms with E-state index in [0.717, 1.165) is 6.61 Å². The third-order valence-corrected chi connectivity index (χ3v) is 13.2. The van der Waals surface area contributed by atoms with E-state index in [9.17, 15) is 0 Å². The molecule has 0 spiro atoms. The zero-order valence-corrected chi connectivity index (χ0v) is 12.9. The normalized spacial score (nSPS) is 39.4. The van der Waals surface area contributed by atoms with Crippen LogP contribution in [0.1, 0.15) is 33.1 Å². The average Bonchev–Trinajstić information content (AvgIpc) is 2.17. The van der Waals surface area contributed by atoms with Gasteiger partial charge in [0, 0.05) is 6.61 Å². The lowest BCUT2D eigenvalue weighted by molar-refractivity contribution is 0.187. The van der Waals surface area contributed by atoms with Gasteiger partial charge >= 0.3 is 0 Å². The van der Waals surface area contributed by atoms with Crippen LogP contribution in [-0.4, -0.2) is 41.3 Å². The van der Waals surface area contributed by atoms with Gasteiger partial charge in [0.05, 0.1) is 0 Å². The van der Waals surface area contributed by atoms with E-state index in [-0.39, 0.29) is 9.28 Å². The summed E-state index contributed by atoms with van der Waals surface area (Å²) in [6, 6.07) is 1.48. The van der Waals surface area contributed by atoms with Crippen molar-refractivity contribution in [3.63, 3.8) is 0 Å². The van der Waals surface area contributed by atoms with Crippen molar-refractivity contribution in [1.82, 2.24) is 4.57 Å². The van der Waals surface area contributed by atoms with E-state index in [1.165, 1.54) is 38.4 Å². The van der Waals surface area contributed by atoms with Crippen LogP contribution in [0.5, 0.6) is 0 Å². The van der Waals surface area contributed by atoms with Gasteiger partial charge in [-0.3, -0.25) is 0 Å². The SMILES string of the molecule is CC1(C)CO[SiH2][Si](C)(N2CCCCC2)C1. The molecule has 0 aromatic heterocycles. The molecule has 0 N–H and O–H groups in total. The number of rotatable bonds is 1. The summed E-state index contributed by atoms with van der Waals surface area (Å²) in [6.07, 6.45) is 4.31. The minimum Gasteiger partial charge on any atom is -0.425 e. The summed E-state index contributed by atoms with van der Waals surface area (Å²) in [7, 11) is -1.34. The minimum absolute atomic E-state index is 0.223. The molecular weight excluding hydrogens is 218 g/mol. The summed E-state index contributed by atoms with van der Waals surface area (Å²) in [5.74, 6) is 0. The summed E-state index contributed by atoms with van der Waals surface area (Å²) >= 11 is 0. The summed E-state index contributed by atoms with van der Waals surface area (Å²) in [6.45, 7) is 11.1. The van der Waals surface area contributed by atoms with Crippen molar-refractivity contribution >= 4 is 17.0 Å². The molecule has 1 atom stereocenters. The Bertz CT molecular complexity index is 229. The molecule has 0 aliphatic carbocycles. The maximum atomic E-state index is 6.01. The molecule has 2 fully saturated rings. The van der Waals surface area contributed by atoms with Gasteiger partial charge in [0.1, 0.15) is 7.75 Å².